The normalized spacial score (nSPS) is 18.7. The third-order valence-electron chi connectivity index (χ3n) is 3.33. The first-order chi connectivity index (χ1) is 8.50. The van der Waals surface area contributed by atoms with Gasteiger partial charge in [-0.05, 0) is 31.4 Å². The Morgan fingerprint density at radius 2 is 2.00 bits per heavy atom. The number of para-hydroxylation sites is 1. The zero-order valence-electron chi connectivity index (χ0n) is 10.4. The van der Waals surface area contributed by atoms with Gasteiger partial charge in [-0.25, -0.2) is 13.6 Å². The molecule has 2 amide bonds. The van der Waals surface area contributed by atoms with Crippen molar-refractivity contribution >= 4 is 11.7 Å². The monoisotopic (exact) mass is 254 g/mol. The lowest BCUT2D eigenvalue weighted by atomic mass is 10.0. The van der Waals surface area contributed by atoms with Gasteiger partial charge in [-0.1, -0.05) is 18.2 Å². The highest BCUT2D eigenvalue weighted by Gasteiger charge is 2.38. The Balaban J connectivity index is 2.08. The van der Waals surface area contributed by atoms with Crippen molar-refractivity contribution in [2.75, 3.05) is 11.9 Å². The van der Waals surface area contributed by atoms with Crippen LogP contribution in [0.2, 0.25) is 0 Å². The smallest absolute Gasteiger partial charge is 0.316 e. The molecular weight excluding hydrogens is 238 g/mol. The highest BCUT2D eigenvalue weighted by molar-refractivity contribution is 5.91. The van der Waals surface area contributed by atoms with E-state index in [9.17, 15) is 13.6 Å². The zero-order chi connectivity index (χ0) is 13.3. The summed E-state index contributed by atoms with van der Waals surface area (Å²) in [6.45, 7) is 4.15. The number of alkyl halides is 2. The van der Waals surface area contributed by atoms with E-state index in [1.807, 2.05) is 32.0 Å². The van der Waals surface area contributed by atoms with E-state index in [1.54, 1.807) is 0 Å². The van der Waals surface area contributed by atoms with Crippen LogP contribution in [0.25, 0.3) is 0 Å². The van der Waals surface area contributed by atoms with Crippen LogP contribution >= 0.6 is 0 Å². The SMILES string of the molecule is Cc1cccc(C)c1NC(=O)N1CCC1C(F)F. The Morgan fingerprint density at radius 1 is 1.39 bits per heavy atom. The largest absolute Gasteiger partial charge is 0.322 e. The molecule has 1 fully saturated rings. The summed E-state index contributed by atoms with van der Waals surface area (Å²) in [5.74, 6) is 0. The van der Waals surface area contributed by atoms with Crippen LogP contribution in [0.15, 0.2) is 18.2 Å². The van der Waals surface area contributed by atoms with Gasteiger partial charge in [0.05, 0.1) is 6.04 Å². The maximum atomic E-state index is 12.6. The van der Waals surface area contributed by atoms with Crippen molar-refractivity contribution in [2.24, 2.45) is 0 Å². The molecule has 1 unspecified atom stereocenters. The number of aryl methyl sites for hydroxylation is 2. The number of anilines is 1. The molecule has 3 nitrogen and oxygen atoms in total. The number of amides is 2. The molecule has 98 valence electrons. The summed E-state index contributed by atoms with van der Waals surface area (Å²) in [6, 6.07) is 4.27. The van der Waals surface area contributed by atoms with E-state index < -0.39 is 18.5 Å². The van der Waals surface area contributed by atoms with Crippen LogP contribution in [0, 0.1) is 13.8 Å². The first-order valence-electron chi connectivity index (χ1n) is 5.92. The number of hydrogen-bond acceptors (Lipinski definition) is 1. The van der Waals surface area contributed by atoms with Gasteiger partial charge in [-0.2, -0.15) is 0 Å². The van der Waals surface area contributed by atoms with Crippen LogP contribution in [0.5, 0.6) is 0 Å². The van der Waals surface area contributed by atoms with Crippen LogP contribution in [-0.4, -0.2) is 29.9 Å². The number of likely N-dealkylation sites (tertiary alicyclic amines) is 1. The lowest BCUT2D eigenvalue weighted by Crippen LogP contribution is -2.56. The molecule has 0 aromatic heterocycles. The van der Waals surface area contributed by atoms with Crippen molar-refractivity contribution in [1.29, 1.82) is 0 Å². The number of benzene rings is 1. The second-order valence-corrected chi connectivity index (χ2v) is 4.58. The number of halogens is 2. The van der Waals surface area contributed by atoms with E-state index >= 15 is 0 Å². The van der Waals surface area contributed by atoms with Gasteiger partial charge in [0.25, 0.3) is 6.43 Å². The molecule has 1 aromatic rings. The average molecular weight is 254 g/mol. The summed E-state index contributed by atoms with van der Waals surface area (Å²) in [5.41, 5.74) is 2.57. The molecule has 1 heterocycles. The number of urea groups is 1. The number of rotatable bonds is 2. The molecule has 0 saturated carbocycles. The minimum absolute atomic E-state index is 0.373. The van der Waals surface area contributed by atoms with Crippen LogP contribution < -0.4 is 5.32 Å². The van der Waals surface area contributed by atoms with E-state index in [1.165, 1.54) is 4.90 Å². The second kappa shape index (κ2) is 4.92. The summed E-state index contributed by atoms with van der Waals surface area (Å²) in [6.07, 6.45) is -2.10. The predicted octanol–water partition coefficient (Wildman–Crippen LogP) is 3.17. The van der Waals surface area contributed by atoms with E-state index in [-0.39, 0.29) is 0 Å². The second-order valence-electron chi connectivity index (χ2n) is 4.58. The fraction of sp³-hybridized carbons (Fsp3) is 0.462. The molecule has 0 bridgehead atoms. The first-order valence-corrected chi connectivity index (χ1v) is 5.92. The molecule has 1 aliphatic heterocycles. The summed E-state index contributed by atoms with van der Waals surface area (Å²) in [5, 5.41) is 2.72. The number of nitrogens with one attached hydrogen (secondary N) is 1. The predicted molar refractivity (Wildman–Crippen MR) is 66.0 cm³/mol. The molecule has 1 saturated heterocycles. The standard InChI is InChI=1S/C13H16F2N2O/c1-8-4-3-5-9(2)11(8)16-13(18)17-7-6-10(17)12(14)15/h3-5,10,12H,6-7H2,1-2H3,(H,16,18). The van der Waals surface area contributed by atoms with E-state index in [0.717, 1.165) is 11.1 Å². The molecule has 18 heavy (non-hydrogen) atoms. The number of carbonyl (C=O) groups is 1. The molecule has 1 aliphatic rings. The van der Waals surface area contributed by atoms with Crippen molar-refractivity contribution in [3.8, 4) is 0 Å². The average Bonchev–Trinajstić information content (AvgIpc) is 2.21. The summed E-state index contributed by atoms with van der Waals surface area (Å²) in [4.78, 5) is 13.1. The zero-order valence-corrected chi connectivity index (χ0v) is 10.4. The Kier molecular flexibility index (Phi) is 3.50. The van der Waals surface area contributed by atoms with E-state index in [0.29, 0.717) is 18.7 Å². The number of hydrogen-bond donors (Lipinski definition) is 1. The van der Waals surface area contributed by atoms with Crippen molar-refractivity contribution in [2.45, 2.75) is 32.7 Å². The van der Waals surface area contributed by atoms with Gasteiger partial charge in [0.15, 0.2) is 0 Å². The topological polar surface area (TPSA) is 32.3 Å². The minimum atomic E-state index is -2.47. The lowest BCUT2D eigenvalue weighted by Gasteiger charge is -2.40. The van der Waals surface area contributed by atoms with Gasteiger partial charge in [0, 0.05) is 12.2 Å². The summed E-state index contributed by atoms with van der Waals surface area (Å²) < 4.78 is 25.1. The Morgan fingerprint density at radius 3 is 2.44 bits per heavy atom. The van der Waals surface area contributed by atoms with Crippen molar-refractivity contribution in [3.05, 3.63) is 29.3 Å². The van der Waals surface area contributed by atoms with E-state index in [2.05, 4.69) is 5.32 Å². The maximum absolute atomic E-state index is 12.6. The maximum Gasteiger partial charge on any atom is 0.322 e. The molecule has 1 N–H and O–H groups in total. The van der Waals surface area contributed by atoms with Gasteiger partial charge >= 0.3 is 6.03 Å². The minimum Gasteiger partial charge on any atom is -0.316 e. The Hall–Kier alpha value is -1.65. The molecule has 0 spiro atoms. The third kappa shape index (κ3) is 2.30. The van der Waals surface area contributed by atoms with E-state index in [4.69, 9.17) is 0 Å². The first kappa shape index (κ1) is 12.8. The summed E-state index contributed by atoms with van der Waals surface area (Å²) in [7, 11) is 0. The van der Waals surface area contributed by atoms with Crippen LogP contribution in [0.4, 0.5) is 19.3 Å². The Labute approximate surface area is 105 Å². The van der Waals surface area contributed by atoms with Gasteiger partial charge in [-0.3, -0.25) is 0 Å². The molecular formula is C13H16F2N2O. The van der Waals surface area contributed by atoms with Gasteiger partial charge < -0.3 is 10.2 Å². The molecule has 0 aliphatic carbocycles. The van der Waals surface area contributed by atoms with Gasteiger partial charge in [0.2, 0.25) is 0 Å². The van der Waals surface area contributed by atoms with Crippen LogP contribution in [-0.2, 0) is 0 Å². The fourth-order valence-electron chi connectivity index (χ4n) is 2.11. The van der Waals surface area contributed by atoms with Crippen molar-refractivity contribution in [3.63, 3.8) is 0 Å². The van der Waals surface area contributed by atoms with Crippen LogP contribution in [0.3, 0.4) is 0 Å². The highest BCUT2D eigenvalue weighted by Crippen LogP contribution is 2.26. The van der Waals surface area contributed by atoms with Gasteiger partial charge in [-0.15, -0.1) is 0 Å². The molecule has 0 radical (unpaired) electrons. The number of nitrogens with zero attached hydrogens (tertiary/aromatic N) is 1. The number of carbonyl (C=O) groups excluding carboxylic acids is 1. The van der Waals surface area contributed by atoms with Gasteiger partial charge in [0.1, 0.15) is 0 Å². The molecule has 5 heteroatoms. The van der Waals surface area contributed by atoms with Crippen LogP contribution in [0.1, 0.15) is 17.5 Å². The quantitative estimate of drug-likeness (QED) is 0.863. The van der Waals surface area contributed by atoms with Crippen molar-refractivity contribution < 1.29 is 13.6 Å². The molecule has 1 atom stereocenters. The fourth-order valence-corrected chi connectivity index (χ4v) is 2.11. The molecule has 2 rings (SSSR count). The highest BCUT2D eigenvalue weighted by atomic mass is 19.3. The summed E-state index contributed by atoms with van der Waals surface area (Å²) >= 11 is 0. The third-order valence-corrected chi connectivity index (χ3v) is 3.33. The Bertz CT molecular complexity index is 442. The lowest BCUT2D eigenvalue weighted by molar-refractivity contribution is -0.00568. The molecule has 1 aromatic carbocycles. The van der Waals surface area contributed by atoms with Crippen molar-refractivity contribution in [1.82, 2.24) is 4.90 Å².